The Labute approximate surface area is 178 Å². The molecule has 158 valence electrons. The van der Waals surface area contributed by atoms with Gasteiger partial charge in [0.25, 0.3) is 11.1 Å². The van der Waals surface area contributed by atoms with Crippen LogP contribution in [0.25, 0.3) is 17.1 Å². The Morgan fingerprint density at radius 1 is 1.00 bits per heavy atom. The standard InChI is InChI=1S/C21H24N4O4S/c1-22-15-8-7-14(11-16(15)23(2)20(22)28)12-17-19(27)25(21(29)30-17)13-18(26)24-9-5-3-4-6-10-24/h7-8,11-12H,3-6,9-10,13H2,1-2H3. The van der Waals surface area contributed by atoms with E-state index in [-0.39, 0.29) is 23.0 Å². The van der Waals surface area contributed by atoms with Crippen LogP contribution in [0.1, 0.15) is 31.2 Å². The summed E-state index contributed by atoms with van der Waals surface area (Å²) < 4.78 is 3.10. The number of amides is 3. The van der Waals surface area contributed by atoms with Crippen LogP contribution >= 0.6 is 11.8 Å². The molecule has 2 fully saturated rings. The maximum Gasteiger partial charge on any atom is 0.328 e. The van der Waals surface area contributed by atoms with Crippen LogP contribution in [0.2, 0.25) is 0 Å². The molecule has 2 aliphatic heterocycles. The van der Waals surface area contributed by atoms with Gasteiger partial charge in [0.2, 0.25) is 5.91 Å². The highest BCUT2D eigenvalue weighted by atomic mass is 32.2. The molecule has 2 aliphatic rings. The second kappa shape index (κ2) is 8.14. The van der Waals surface area contributed by atoms with Crippen molar-refractivity contribution in [2.75, 3.05) is 19.6 Å². The summed E-state index contributed by atoms with van der Waals surface area (Å²) in [6.45, 7) is 1.15. The normalized spacial score (nSPS) is 19.2. The molecule has 4 rings (SSSR count). The van der Waals surface area contributed by atoms with Gasteiger partial charge < -0.3 is 4.90 Å². The Hall–Kier alpha value is -2.81. The number of thioether (sulfide) groups is 1. The molecule has 9 heteroatoms. The minimum atomic E-state index is -0.449. The number of aromatic nitrogens is 2. The summed E-state index contributed by atoms with van der Waals surface area (Å²) in [4.78, 5) is 52.9. The number of benzene rings is 1. The van der Waals surface area contributed by atoms with Crippen molar-refractivity contribution < 1.29 is 14.4 Å². The van der Waals surface area contributed by atoms with Crippen LogP contribution in [0.5, 0.6) is 0 Å². The third kappa shape index (κ3) is 3.69. The lowest BCUT2D eigenvalue weighted by Gasteiger charge is -2.22. The minimum Gasteiger partial charge on any atom is -0.341 e. The fourth-order valence-electron chi connectivity index (χ4n) is 3.96. The van der Waals surface area contributed by atoms with E-state index in [0.717, 1.165) is 53.4 Å². The second-order valence-corrected chi connectivity index (χ2v) is 8.70. The first-order valence-corrected chi connectivity index (χ1v) is 10.9. The monoisotopic (exact) mass is 428 g/mol. The number of carbonyl (C=O) groups is 3. The topological polar surface area (TPSA) is 84.6 Å². The van der Waals surface area contributed by atoms with E-state index < -0.39 is 11.1 Å². The fourth-order valence-corrected chi connectivity index (χ4v) is 4.79. The van der Waals surface area contributed by atoms with E-state index in [1.165, 1.54) is 4.57 Å². The van der Waals surface area contributed by atoms with Gasteiger partial charge in [-0.25, -0.2) is 4.79 Å². The lowest BCUT2D eigenvalue weighted by molar-refractivity contribution is -0.135. The predicted molar refractivity (Wildman–Crippen MR) is 116 cm³/mol. The second-order valence-electron chi connectivity index (χ2n) is 7.71. The van der Waals surface area contributed by atoms with Gasteiger partial charge in [0.15, 0.2) is 0 Å². The van der Waals surface area contributed by atoms with Crippen molar-refractivity contribution in [2.24, 2.45) is 14.1 Å². The van der Waals surface area contributed by atoms with Crippen LogP contribution in [0, 0.1) is 0 Å². The summed E-state index contributed by atoms with van der Waals surface area (Å²) in [5, 5.41) is -0.428. The van der Waals surface area contributed by atoms with Gasteiger partial charge in [-0.3, -0.25) is 28.4 Å². The Morgan fingerprint density at radius 3 is 2.37 bits per heavy atom. The minimum absolute atomic E-state index is 0.130. The van der Waals surface area contributed by atoms with E-state index in [1.54, 1.807) is 35.7 Å². The molecule has 0 atom stereocenters. The Bertz CT molecular complexity index is 1120. The number of hydrogen-bond acceptors (Lipinski definition) is 5. The molecule has 0 unspecified atom stereocenters. The number of carbonyl (C=O) groups excluding carboxylic acids is 3. The molecule has 0 aliphatic carbocycles. The summed E-state index contributed by atoms with van der Waals surface area (Å²) in [5.41, 5.74) is 2.12. The maximum absolute atomic E-state index is 12.8. The zero-order valence-electron chi connectivity index (χ0n) is 17.1. The molecule has 0 saturated carbocycles. The van der Waals surface area contributed by atoms with Crippen molar-refractivity contribution >= 4 is 45.9 Å². The molecule has 0 N–H and O–H groups in total. The number of aryl methyl sites for hydroxylation is 2. The molecule has 30 heavy (non-hydrogen) atoms. The van der Waals surface area contributed by atoms with Gasteiger partial charge in [-0.05, 0) is 48.4 Å². The van der Waals surface area contributed by atoms with Crippen LogP contribution in [0.4, 0.5) is 4.79 Å². The summed E-state index contributed by atoms with van der Waals surface area (Å²) in [6.07, 6.45) is 5.76. The van der Waals surface area contributed by atoms with Crippen LogP contribution in [0.15, 0.2) is 27.9 Å². The Morgan fingerprint density at radius 2 is 1.67 bits per heavy atom. The highest BCUT2D eigenvalue weighted by Gasteiger charge is 2.37. The number of imidazole rings is 1. The van der Waals surface area contributed by atoms with Gasteiger partial charge in [-0.15, -0.1) is 0 Å². The first-order valence-electron chi connectivity index (χ1n) is 10.1. The zero-order chi connectivity index (χ0) is 21.4. The Kier molecular flexibility index (Phi) is 5.55. The van der Waals surface area contributed by atoms with E-state index in [9.17, 15) is 19.2 Å². The average molecular weight is 429 g/mol. The molecule has 2 aromatic rings. The molecule has 0 spiro atoms. The van der Waals surface area contributed by atoms with E-state index in [4.69, 9.17) is 0 Å². The molecule has 3 heterocycles. The lowest BCUT2D eigenvalue weighted by atomic mass is 10.2. The van der Waals surface area contributed by atoms with Crippen LogP contribution < -0.4 is 5.69 Å². The number of hydrogen-bond donors (Lipinski definition) is 0. The van der Waals surface area contributed by atoms with Crippen molar-refractivity contribution in [3.8, 4) is 0 Å². The first kappa shape index (κ1) is 20.5. The van der Waals surface area contributed by atoms with Gasteiger partial charge >= 0.3 is 5.69 Å². The zero-order valence-corrected chi connectivity index (χ0v) is 17.9. The number of likely N-dealkylation sites (tertiary alicyclic amines) is 1. The molecule has 0 radical (unpaired) electrons. The Balaban J connectivity index is 1.54. The van der Waals surface area contributed by atoms with Crippen molar-refractivity contribution in [3.05, 3.63) is 39.2 Å². The average Bonchev–Trinajstić information content (AvgIpc) is 3.01. The third-order valence-corrected chi connectivity index (χ3v) is 6.63. The lowest BCUT2D eigenvalue weighted by Crippen LogP contribution is -2.42. The van der Waals surface area contributed by atoms with Gasteiger partial charge in [-0.1, -0.05) is 18.9 Å². The van der Waals surface area contributed by atoms with Crippen LogP contribution in [-0.2, 0) is 23.7 Å². The maximum atomic E-state index is 12.8. The SMILES string of the molecule is Cn1c(=O)n(C)c2cc(C=C3SC(=O)N(CC(=O)N4CCCCCC4)C3=O)ccc21. The van der Waals surface area contributed by atoms with Gasteiger partial charge in [0.1, 0.15) is 6.54 Å². The largest absolute Gasteiger partial charge is 0.341 e. The van der Waals surface area contributed by atoms with Gasteiger partial charge in [0.05, 0.1) is 15.9 Å². The van der Waals surface area contributed by atoms with Crippen LogP contribution in [0.3, 0.4) is 0 Å². The molecule has 3 amide bonds. The van der Waals surface area contributed by atoms with Gasteiger partial charge in [-0.2, -0.15) is 0 Å². The fraction of sp³-hybridized carbons (Fsp3) is 0.429. The summed E-state index contributed by atoms with van der Waals surface area (Å²) in [6, 6.07) is 5.43. The predicted octanol–water partition coefficient (Wildman–Crippen LogP) is 2.32. The van der Waals surface area contributed by atoms with Gasteiger partial charge in [0, 0.05) is 27.2 Å². The summed E-state index contributed by atoms with van der Waals surface area (Å²) in [5.74, 6) is -0.628. The third-order valence-electron chi connectivity index (χ3n) is 5.72. The van der Waals surface area contributed by atoms with E-state index in [2.05, 4.69) is 0 Å². The van der Waals surface area contributed by atoms with E-state index >= 15 is 0 Å². The van der Waals surface area contributed by atoms with Crippen molar-refractivity contribution in [2.45, 2.75) is 25.7 Å². The number of fused-ring (bicyclic) bond motifs is 1. The number of rotatable bonds is 3. The van der Waals surface area contributed by atoms with Crippen LogP contribution in [-0.4, -0.2) is 55.6 Å². The highest BCUT2D eigenvalue weighted by molar-refractivity contribution is 8.18. The molecular formula is C21H24N4O4S. The summed E-state index contributed by atoms with van der Waals surface area (Å²) >= 11 is 0.841. The molecule has 1 aromatic heterocycles. The molecule has 2 saturated heterocycles. The molecule has 0 bridgehead atoms. The molecular weight excluding hydrogens is 404 g/mol. The summed E-state index contributed by atoms with van der Waals surface area (Å²) in [7, 11) is 3.40. The number of nitrogens with zero attached hydrogens (tertiary/aromatic N) is 4. The smallest absolute Gasteiger partial charge is 0.328 e. The van der Waals surface area contributed by atoms with E-state index in [0.29, 0.717) is 18.7 Å². The van der Waals surface area contributed by atoms with Crippen molar-refractivity contribution in [3.63, 3.8) is 0 Å². The molecule has 8 nitrogen and oxygen atoms in total. The number of imide groups is 1. The quantitative estimate of drug-likeness (QED) is 0.701. The van der Waals surface area contributed by atoms with Crippen molar-refractivity contribution in [1.82, 2.24) is 18.9 Å². The first-order chi connectivity index (χ1) is 14.4. The highest BCUT2D eigenvalue weighted by Crippen LogP contribution is 2.32. The van der Waals surface area contributed by atoms with E-state index in [1.807, 2.05) is 12.1 Å². The molecule has 1 aromatic carbocycles. The van der Waals surface area contributed by atoms with Crippen molar-refractivity contribution in [1.29, 1.82) is 0 Å².